The molecular formula is C20H25NO2. The number of aromatic nitrogens is 1. The number of aromatic amines is 1. The third kappa shape index (κ3) is 2.39. The van der Waals surface area contributed by atoms with E-state index in [0.717, 1.165) is 31.4 Å². The van der Waals surface area contributed by atoms with Crippen LogP contribution in [-0.4, -0.2) is 16.1 Å². The van der Waals surface area contributed by atoms with Gasteiger partial charge >= 0.3 is 5.97 Å². The molecule has 0 fully saturated rings. The summed E-state index contributed by atoms with van der Waals surface area (Å²) in [6, 6.07) is 6.42. The van der Waals surface area contributed by atoms with Crippen molar-refractivity contribution in [3.8, 4) is 0 Å². The van der Waals surface area contributed by atoms with Crippen molar-refractivity contribution in [1.29, 1.82) is 0 Å². The fourth-order valence-electron chi connectivity index (χ4n) is 4.28. The summed E-state index contributed by atoms with van der Waals surface area (Å²) in [6.45, 7) is 8.28. The molecule has 1 aliphatic rings. The van der Waals surface area contributed by atoms with Gasteiger partial charge in [-0.1, -0.05) is 38.1 Å². The molecule has 1 heterocycles. The van der Waals surface area contributed by atoms with Gasteiger partial charge in [-0.3, -0.25) is 4.79 Å². The molecule has 3 rings (SSSR count). The fourth-order valence-corrected chi connectivity index (χ4v) is 4.28. The van der Waals surface area contributed by atoms with Crippen LogP contribution in [0.5, 0.6) is 0 Å². The van der Waals surface area contributed by atoms with Crippen LogP contribution in [0.25, 0.3) is 10.9 Å². The van der Waals surface area contributed by atoms with Crippen molar-refractivity contribution in [3.63, 3.8) is 0 Å². The van der Waals surface area contributed by atoms with Gasteiger partial charge in [-0.15, -0.1) is 6.58 Å². The predicted octanol–water partition coefficient (Wildman–Crippen LogP) is 4.92. The number of hydrogen-bond donors (Lipinski definition) is 2. The normalized spacial score (nSPS) is 23.7. The molecule has 0 amide bonds. The monoisotopic (exact) mass is 311 g/mol. The Balaban J connectivity index is 2.31. The van der Waals surface area contributed by atoms with Gasteiger partial charge in [0.2, 0.25) is 0 Å². The summed E-state index contributed by atoms with van der Waals surface area (Å²) in [4.78, 5) is 15.1. The summed E-state index contributed by atoms with van der Waals surface area (Å²) in [6.07, 6.45) is 5.88. The average molecular weight is 311 g/mol. The highest BCUT2D eigenvalue weighted by atomic mass is 16.4. The van der Waals surface area contributed by atoms with Gasteiger partial charge in [-0.05, 0) is 36.8 Å². The Morgan fingerprint density at radius 1 is 1.48 bits per heavy atom. The maximum absolute atomic E-state index is 11.5. The summed E-state index contributed by atoms with van der Waals surface area (Å²) in [5, 5.41) is 10.7. The zero-order chi connectivity index (χ0) is 16.6. The number of para-hydroxylation sites is 1. The molecule has 1 aliphatic carbocycles. The minimum atomic E-state index is -0.718. The van der Waals surface area contributed by atoms with Crippen molar-refractivity contribution in [2.75, 3.05) is 0 Å². The first-order valence-electron chi connectivity index (χ1n) is 8.54. The minimum absolute atomic E-state index is 0.189. The van der Waals surface area contributed by atoms with E-state index in [1.807, 2.05) is 6.08 Å². The summed E-state index contributed by atoms with van der Waals surface area (Å²) in [5.74, 6) is -0.413. The first-order chi connectivity index (χ1) is 11.1. The maximum Gasteiger partial charge on any atom is 0.304 e. The van der Waals surface area contributed by atoms with Crippen LogP contribution in [-0.2, 0) is 16.6 Å². The van der Waals surface area contributed by atoms with E-state index in [0.29, 0.717) is 5.92 Å². The van der Waals surface area contributed by atoms with E-state index in [2.05, 4.69) is 43.6 Å². The van der Waals surface area contributed by atoms with Gasteiger partial charge in [-0.2, -0.15) is 0 Å². The highest BCUT2D eigenvalue weighted by Crippen LogP contribution is 2.49. The molecule has 3 nitrogen and oxygen atoms in total. The number of aryl methyl sites for hydroxylation is 1. The second-order valence-electron chi connectivity index (χ2n) is 6.69. The zero-order valence-electron chi connectivity index (χ0n) is 14.0. The van der Waals surface area contributed by atoms with Crippen molar-refractivity contribution in [2.45, 2.75) is 57.3 Å². The molecule has 1 aromatic heterocycles. The second kappa shape index (κ2) is 5.88. The van der Waals surface area contributed by atoms with E-state index in [9.17, 15) is 9.90 Å². The Labute approximate surface area is 137 Å². The Bertz CT molecular complexity index is 758. The Hall–Kier alpha value is -2.03. The molecule has 1 unspecified atom stereocenters. The van der Waals surface area contributed by atoms with E-state index < -0.39 is 5.97 Å². The lowest BCUT2D eigenvalue weighted by Gasteiger charge is -2.38. The average Bonchev–Trinajstić information content (AvgIpc) is 2.95. The molecule has 1 aromatic carbocycles. The fraction of sp³-hybridized carbons (Fsp3) is 0.450. The van der Waals surface area contributed by atoms with Gasteiger partial charge in [-0.25, -0.2) is 0 Å². The van der Waals surface area contributed by atoms with Crippen LogP contribution in [0.15, 0.2) is 30.9 Å². The Kier molecular flexibility index (Phi) is 4.05. The molecule has 3 heteroatoms. The van der Waals surface area contributed by atoms with Crippen molar-refractivity contribution in [1.82, 2.24) is 4.98 Å². The van der Waals surface area contributed by atoms with Gasteiger partial charge in [0.05, 0.1) is 6.42 Å². The number of carbonyl (C=O) groups is 1. The van der Waals surface area contributed by atoms with Crippen molar-refractivity contribution >= 4 is 16.9 Å². The molecule has 2 atom stereocenters. The highest BCUT2D eigenvalue weighted by molar-refractivity contribution is 5.89. The quantitative estimate of drug-likeness (QED) is 0.770. The van der Waals surface area contributed by atoms with Crippen LogP contribution in [0.3, 0.4) is 0 Å². The second-order valence-corrected chi connectivity index (χ2v) is 6.69. The number of fused-ring (bicyclic) bond motifs is 3. The van der Waals surface area contributed by atoms with E-state index in [4.69, 9.17) is 0 Å². The Morgan fingerprint density at radius 3 is 2.87 bits per heavy atom. The zero-order valence-corrected chi connectivity index (χ0v) is 14.0. The highest BCUT2D eigenvalue weighted by Gasteiger charge is 2.42. The van der Waals surface area contributed by atoms with E-state index in [1.54, 1.807) is 0 Å². The standard InChI is InChI=1S/C20H25NO2/c1-4-13-10-11-20(6-3,12-16(22)23)19-17(13)15-9-7-8-14(5-2)18(15)21-19/h4,7-9,13,21H,1,5-6,10-12H2,2-3H3,(H,22,23)/t13-,20?/m0/s1. The molecule has 0 aliphatic heterocycles. The first kappa shape index (κ1) is 15.9. The molecule has 2 aromatic rings. The van der Waals surface area contributed by atoms with Crippen LogP contribution >= 0.6 is 0 Å². The van der Waals surface area contributed by atoms with Crippen LogP contribution in [0.4, 0.5) is 0 Å². The van der Waals surface area contributed by atoms with Gasteiger partial charge in [0.25, 0.3) is 0 Å². The minimum Gasteiger partial charge on any atom is -0.481 e. The van der Waals surface area contributed by atoms with Gasteiger partial charge in [0, 0.05) is 27.9 Å². The van der Waals surface area contributed by atoms with E-state index >= 15 is 0 Å². The predicted molar refractivity (Wildman–Crippen MR) is 94.1 cm³/mol. The lowest BCUT2D eigenvalue weighted by molar-refractivity contribution is -0.138. The molecule has 0 saturated heterocycles. The number of aliphatic carboxylic acids is 1. The molecule has 0 radical (unpaired) electrons. The van der Waals surface area contributed by atoms with Gasteiger partial charge < -0.3 is 10.1 Å². The number of benzene rings is 1. The van der Waals surface area contributed by atoms with Crippen LogP contribution in [0.2, 0.25) is 0 Å². The number of carboxylic acid groups (broad SMARTS) is 1. The third-order valence-corrected chi connectivity index (χ3v) is 5.63. The van der Waals surface area contributed by atoms with Crippen LogP contribution in [0, 0.1) is 0 Å². The maximum atomic E-state index is 11.5. The molecule has 23 heavy (non-hydrogen) atoms. The van der Waals surface area contributed by atoms with E-state index in [1.165, 1.54) is 22.0 Å². The van der Waals surface area contributed by atoms with Crippen LogP contribution < -0.4 is 0 Å². The Morgan fingerprint density at radius 2 is 2.26 bits per heavy atom. The lowest BCUT2D eigenvalue weighted by atomic mass is 9.66. The van der Waals surface area contributed by atoms with Crippen molar-refractivity contribution < 1.29 is 9.90 Å². The summed E-state index contributed by atoms with van der Waals surface area (Å²) in [5.41, 5.74) is 4.59. The number of hydrogen-bond acceptors (Lipinski definition) is 1. The summed E-state index contributed by atoms with van der Waals surface area (Å²) in [7, 11) is 0. The van der Waals surface area contributed by atoms with Gasteiger partial charge in [0.1, 0.15) is 0 Å². The third-order valence-electron chi connectivity index (χ3n) is 5.63. The summed E-state index contributed by atoms with van der Waals surface area (Å²) >= 11 is 0. The number of nitrogens with one attached hydrogen (secondary N) is 1. The summed E-state index contributed by atoms with van der Waals surface area (Å²) < 4.78 is 0. The van der Waals surface area contributed by atoms with E-state index in [-0.39, 0.29) is 11.8 Å². The molecule has 0 spiro atoms. The number of rotatable bonds is 5. The lowest BCUT2D eigenvalue weighted by Crippen LogP contribution is -2.34. The molecule has 0 bridgehead atoms. The SMILES string of the molecule is C=C[C@H]1CCC(CC)(CC(=O)O)c2[nH]c3c(CC)cccc3c21. The number of carboxylic acids is 1. The number of allylic oxidation sites excluding steroid dienone is 1. The first-order valence-corrected chi connectivity index (χ1v) is 8.54. The molecule has 122 valence electrons. The van der Waals surface area contributed by atoms with Crippen LogP contribution in [0.1, 0.15) is 62.3 Å². The largest absolute Gasteiger partial charge is 0.481 e. The van der Waals surface area contributed by atoms with Crippen molar-refractivity contribution in [2.24, 2.45) is 0 Å². The van der Waals surface area contributed by atoms with Gasteiger partial charge in [0.15, 0.2) is 0 Å². The molecule has 2 N–H and O–H groups in total. The smallest absolute Gasteiger partial charge is 0.304 e. The molecule has 0 saturated carbocycles. The number of H-pyrrole nitrogens is 1. The molecular weight excluding hydrogens is 286 g/mol. The van der Waals surface area contributed by atoms with Crippen molar-refractivity contribution in [3.05, 3.63) is 47.7 Å². The topological polar surface area (TPSA) is 53.1 Å².